The third-order valence-corrected chi connectivity index (χ3v) is 5.24. The minimum absolute atomic E-state index is 0.160. The fourth-order valence-electron chi connectivity index (χ4n) is 2.48. The van der Waals surface area contributed by atoms with Gasteiger partial charge in [-0.25, -0.2) is 9.78 Å². The molecule has 0 saturated carbocycles. The summed E-state index contributed by atoms with van der Waals surface area (Å²) in [6.45, 7) is 2.34. The molecule has 0 aliphatic rings. The summed E-state index contributed by atoms with van der Waals surface area (Å²) in [6.07, 6.45) is 0.963. The van der Waals surface area contributed by atoms with Crippen molar-refractivity contribution in [3.8, 4) is 10.6 Å². The lowest BCUT2D eigenvalue weighted by Gasteiger charge is -2.06. The Labute approximate surface area is 175 Å². The molecule has 5 nitrogen and oxygen atoms in total. The molecule has 0 aliphatic heterocycles. The van der Waals surface area contributed by atoms with E-state index in [0.717, 1.165) is 27.2 Å². The molecule has 1 heterocycles. The lowest BCUT2D eigenvalue weighted by atomic mass is 10.2. The zero-order valence-corrected chi connectivity index (χ0v) is 17.7. The van der Waals surface area contributed by atoms with Crippen LogP contribution in [0.4, 0.5) is 5.69 Å². The van der Waals surface area contributed by atoms with E-state index in [-0.39, 0.29) is 18.3 Å². The van der Waals surface area contributed by atoms with Crippen LogP contribution in [0.2, 0.25) is 0 Å². The van der Waals surface area contributed by atoms with Crippen LogP contribution < -0.4 is 5.32 Å². The summed E-state index contributed by atoms with van der Waals surface area (Å²) in [5.41, 5.74) is 2.82. The van der Waals surface area contributed by atoms with Gasteiger partial charge in [-0.15, -0.1) is 11.3 Å². The number of hydrogen-bond acceptors (Lipinski definition) is 5. The normalized spacial score (nSPS) is 10.5. The number of amides is 1. The number of carbonyl (C=O) groups excluding carboxylic acids is 2. The molecule has 0 saturated heterocycles. The average molecular weight is 459 g/mol. The molecule has 0 unspecified atom stereocenters. The Kier molecular flexibility index (Phi) is 6.95. The highest BCUT2D eigenvalue weighted by molar-refractivity contribution is 9.10. The average Bonchev–Trinajstić information content (AvgIpc) is 3.15. The number of anilines is 1. The largest absolute Gasteiger partial charge is 0.462 e. The molecule has 1 N–H and O–H groups in total. The van der Waals surface area contributed by atoms with Crippen LogP contribution in [-0.2, 0) is 16.0 Å². The van der Waals surface area contributed by atoms with Gasteiger partial charge in [-0.1, -0.05) is 35.0 Å². The van der Waals surface area contributed by atoms with E-state index in [1.165, 1.54) is 11.3 Å². The molecule has 0 atom stereocenters. The van der Waals surface area contributed by atoms with E-state index in [1.807, 2.05) is 36.6 Å². The predicted octanol–water partition coefficient (Wildman–Crippen LogP) is 5.32. The molecule has 2 aromatic carbocycles. The second-order valence-corrected chi connectivity index (χ2v) is 7.87. The minimum Gasteiger partial charge on any atom is -0.462 e. The van der Waals surface area contributed by atoms with Gasteiger partial charge < -0.3 is 10.1 Å². The van der Waals surface area contributed by atoms with Gasteiger partial charge in [0.2, 0.25) is 5.91 Å². The zero-order chi connectivity index (χ0) is 19.9. The van der Waals surface area contributed by atoms with Crippen molar-refractivity contribution in [3.63, 3.8) is 0 Å². The van der Waals surface area contributed by atoms with Crippen LogP contribution in [0, 0.1) is 0 Å². The molecule has 144 valence electrons. The predicted molar refractivity (Wildman–Crippen MR) is 115 cm³/mol. The maximum absolute atomic E-state index is 12.3. The Morgan fingerprint density at radius 2 is 1.96 bits per heavy atom. The Bertz CT molecular complexity index is 970. The smallest absolute Gasteiger partial charge is 0.338 e. The molecule has 0 aliphatic carbocycles. The lowest BCUT2D eigenvalue weighted by Crippen LogP contribution is -2.14. The first-order valence-corrected chi connectivity index (χ1v) is 10.5. The van der Waals surface area contributed by atoms with Crippen LogP contribution in [0.1, 0.15) is 29.4 Å². The van der Waals surface area contributed by atoms with Gasteiger partial charge in [-0.2, -0.15) is 0 Å². The number of benzene rings is 2. The van der Waals surface area contributed by atoms with E-state index >= 15 is 0 Å². The summed E-state index contributed by atoms with van der Waals surface area (Å²) < 4.78 is 6.07. The zero-order valence-electron chi connectivity index (χ0n) is 15.3. The number of rotatable bonds is 7. The summed E-state index contributed by atoms with van der Waals surface area (Å²) in [5.74, 6) is -0.519. The fraction of sp³-hybridized carbons (Fsp3) is 0.190. The summed E-state index contributed by atoms with van der Waals surface area (Å²) in [5, 5.41) is 5.59. The second-order valence-electron chi connectivity index (χ2n) is 6.09. The SMILES string of the molecule is CCCOC(=O)c1ccc(NC(=O)Cc2csc(-c3cccc(Br)c3)n2)cc1. The summed E-state index contributed by atoms with van der Waals surface area (Å²) in [7, 11) is 0. The van der Waals surface area contributed by atoms with E-state index in [0.29, 0.717) is 17.9 Å². The quantitative estimate of drug-likeness (QED) is 0.486. The second kappa shape index (κ2) is 9.61. The molecule has 0 spiro atoms. The number of hydrogen-bond donors (Lipinski definition) is 1. The first-order valence-electron chi connectivity index (χ1n) is 8.82. The maximum atomic E-state index is 12.3. The van der Waals surface area contributed by atoms with E-state index in [2.05, 4.69) is 26.2 Å². The summed E-state index contributed by atoms with van der Waals surface area (Å²) in [4.78, 5) is 28.6. The van der Waals surface area contributed by atoms with Crippen molar-refractivity contribution in [2.75, 3.05) is 11.9 Å². The molecular weight excluding hydrogens is 440 g/mol. The van der Waals surface area contributed by atoms with Crippen LogP contribution in [0.5, 0.6) is 0 Å². The highest BCUT2D eigenvalue weighted by Crippen LogP contribution is 2.26. The standard InChI is InChI=1S/C21H19BrN2O3S/c1-2-10-27-21(26)14-6-8-17(9-7-14)23-19(25)12-18-13-28-20(24-18)15-4-3-5-16(22)11-15/h3-9,11,13H,2,10,12H2,1H3,(H,23,25). The van der Waals surface area contributed by atoms with E-state index in [9.17, 15) is 9.59 Å². The van der Waals surface area contributed by atoms with Gasteiger partial charge in [0.15, 0.2) is 0 Å². The first kappa shape index (κ1) is 20.2. The van der Waals surface area contributed by atoms with E-state index < -0.39 is 0 Å². The van der Waals surface area contributed by atoms with Crippen LogP contribution in [0.3, 0.4) is 0 Å². The Balaban J connectivity index is 1.58. The van der Waals surface area contributed by atoms with Crippen molar-refractivity contribution in [2.24, 2.45) is 0 Å². The Morgan fingerprint density at radius 3 is 2.68 bits per heavy atom. The van der Waals surface area contributed by atoms with Crippen molar-refractivity contribution in [3.05, 3.63) is 69.6 Å². The molecule has 1 aromatic heterocycles. The van der Waals surface area contributed by atoms with Gasteiger partial charge in [-0.05, 0) is 42.8 Å². The van der Waals surface area contributed by atoms with Crippen LogP contribution in [0.15, 0.2) is 58.4 Å². The van der Waals surface area contributed by atoms with Gasteiger partial charge in [0, 0.05) is 21.1 Å². The maximum Gasteiger partial charge on any atom is 0.338 e. The van der Waals surface area contributed by atoms with Crippen LogP contribution in [-0.4, -0.2) is 23.5 Å². The highest BCUT2D eigenvalue weighted by atomic mass is 79.9. The van der Waals surface area contributed by atoms with Crippen molar-refractivity contribution in [1.82, 2.24) is 4.98 Å². The van der Waals surface area contributed by atoms with E-state index in [4.69, 9.17) is 4.74 Å². The highest BCUT2D eigenvalue weighted by Gasteiger charge is 2.11. The van der Waals surface area contributed by atoms with Crippen molar-refractivity contribution in [2.45, 2.75) is 19.8 Å². The number of halogens is 1. The van der Waals surface area contributed by atoms with E-state index in [1.54, 1.807) is 24.3 Å². The monoisotopic (exact) mass is 458 g/mol. The van der Waals surface area contributed by atoms with Crippen molar-refractivity contribution < 1.29 is 14.3 Å². The number of carbonyl (C=O) groups is 2. The van der Waals surface area contributed by atoms with Crippen molar-refractivity contribution in [1.29, 1.82) is 0 Å². The lowest BCUT2D eigenvalue weighted by molar-refractivity contribution is -0.115. The minimum atomic E-state index is -0.359. The van der Waals surface area contributed by atoms with Gasteiger partial charge >= 0.3 is 5.97 Å². The number of nitrogens with one attached hydrogen (secondary N) is 1. The first-order chi connectivity index (χ1) is 13.5. The molecule has 3 aromatic rings. The molecule has 1 amide bonds. The number of nitrogens with zero attached hydrogens (tertiary/aromatic N) is 1. The van der Waals surface area contributed by atoms with Gasteiger partial charge in [0.1, 0.15) is 5.01 Å². The Hall–Kier alpha value is -2.51. The molecule has 28 heavy (non-hydrogen) atoms. The third-order valence-electron chi connectivity index (χ3n) is 3.81. The van der Waals surface area contributed by atoms with Gasteiger partial charge in [0.05, 0.1) is 24.3 Å². The van der Waals surface area contributed by atoms with Gasteiger partial charge in [-0.3, -0.25) is 4.79 Å². The third kappa shape index (κ3) is 5.50. The van der Waals surface area contributed by atoms with Crippen LogP contribution >= 0.6 is 27.3 Å². The number of thiazole rings is 1. The molecule has 0 radical (unpaired) electrons. The molecule has 3 rings (SSSR count). The molecule has 0 fully saturated rings. The molecule has 7 heteroatoms. The number of ether oxygens (including phenoxy) is 1. The van der Waals surface area contributed by atoms with Crippen molar-refractivity contribution >= 4 is 44.8 Å². The summed E-state index contributed by atoms with van der Waals surface area (Å²) >= 11 is 4.96. The Morgan fingerprint density at radius 1 is 1.18 bits per heavy atom. The van der Waals surface area contributed by atoms with Crippen LogP contribution in [0.25, 0.3) is 10.6 Å². The summed E-state index contributed by atoms with van der Waals surface area (Å²) in [6, 6.07) is 14.6. The topological polar surface area (TPSA) is 68.3 Å². The number of esters is 1. The molecule has 0 bridgehead atoms. The molecular formula is C21H19BrN2O3S. The fourth-order valence-corrected chi connectivity index (χ4v) is 3.70. The number of aromatic nitrogens is 1. The van der Waals surface area contributed by atoms with Gasteiger partial charge in [0.25, 0.3) is 0 Å².